The standard InChI is InChI=1S/C27H29NO4S/c1-16-12-17(2)25(18(3)13-16)32-15-23(29)28-26-24(27(30)31-4)21-11-10-20(14-22(21)33-26)19-8-6-5-7-9-19/h5-9,12-13,20H,10-11,14-15H2,1-4H3,(H,28,29)/t20-/m0/s1. The molecule has 1 aliphatic rings. The quantitative estimate of drug-likeness (QED) is 0.473. The summed E-state index contributed by atoms with van der Waals surface area (Å²) in [5.74, 6) is 0.423. The molecule has 1 heterocycles. The summed E-state index contributed by atoms with van der Waals surface area (Å²) in [6, 6.07) is 14.5. The number of hydrogen-bond donors (Lipinski definition) is 1. The van der Waals surface area contributed by atoms with Crippen molar-refractivity contribution >= 4 is 28.2 Å². The number of carbonyl (C=O) groups is 2. The number of hydrogen-bond acceptors (Lipinski definition) is 5. The van der Waals surface area contributed by atoms with E-state index in [2.05, 4.69) is 29.6 Å². The van der Waals surface area contributed by atoms with E-state index in [9.17, 15) is 9.59 Å². The highest BCUT2D eigenvalue weighted by molar-refractivity contribution is 7.17. The van der Waals surface area contributed by atoms with Crippen LogP contribution in [0, 0.1) is 20.8 Å². The third-order valence-corrected chi connectivity index (χ3v) is 7.30. The van der Waals surface area contributed by atoms with Gasteiger partial charge in [0.05, 0.1) is 12.7 Å². The predicted molar refractivity (Wildman–Crippen MR) is 132 cm³/mol. The van der Waals surface area contributed by atoms with Crippen molar-refractivity contribution in [3.63, 3.8) is 0 Å². The van der Waals surface area contributed by atoms with Gasteiger partial charge >= 0.3 is 5.97 Å². The molecule has 6 heteroatoms. The molecule has 0 spiro atoms. The molecule has 0 radical (unpaired) electrons. The monoisotopic (exact) mass is 463 g/mol. The van der Waals surface area contributed by atoms with E-state index in [0.717, 1.165) is 52.1 Å². The number of anilines is 1. The molecule has 1 atom stereocenters. The normalized spacial score (nSPS) is 15.0. The molecule has 3 aromatic rings. The number of fused-ring (bicyclic) bond motifs is 1. The van der Waals surface area contributed by atoms with Gasteiger partial charge in [0.1, 0.15) is 10.8 Å². The minimum atomic E-state index is -0.410. The zero-order valence-corrected chi connectivity index (χ0v) is 20.3. The Morgan fingerprint density at radius 3 is 2.45 bits per heavy atom. The van der Waals surface area contributed by atoms with Gasteiger partial charge in [0, 0.05) is 4.88 Å². The molecule has 0 fully saturated rings. The number of nitrogens with one attached hydrogen (secondary N) is 1. The molecular weight excluding hydrogens is 434 g/mol. The van der Waals surface area contributed by atoms with Crippen LogP contribution < -0.4 is 10.1 Å². The number of aryl methyl sites for hydroxylation is 3. The van der Waals surface area contributed by atoms with Gasteiger partial charge in [-0.3, -0.25) is 4.79 Å². The number of benzene rings is 2. The highest BCUT2D eigenvalue weighted by Crippen LogP contribution is 2.42. The number of esters is 1. The summed E-state index contributed by atoms with van der Waals surface area (Å²) in [5.41, 5.74) is 5.94. The minimum Gasteiger partial charge on any atom is -0.483 e. The Hall–Kier alpha value is -3.12. The molecule has 5 nitrogen and oxygen atoms in total. The molecule has 33 heavy (non-hydrogen) atoms. The highest BCUT2D eigenvalue weighted by Gasteiger charge is 2.30. The second-order valence-electron chi connectivity index (χ2n) is 8.61. The largest absolute Gasteiger partial charge is 0.483 e. The highest BCUT2D eigenvalue weighted by atomic mass is 32.1. The van der Waals surface area contributed by atoms with Crippen molar-refractivity contribution in [3.8, 4) is 5.75 Å². The summed E-state index contributed by atoms with van der Waals surface area (Å²) in [6.07, 6.45) is 2.59. The van der Waals surface area contributed by atoms with Crippen molar-refractivity contribution in [1.82, 2.24) is 0 Å². The lowest BCUT2D eigenvalue weighted by molar-refractivity contribution is -0.118. The molecule has 0 unspecified atom stereocenters. The lowest BCUT2D eigenvalue weighted by atomic mass is 9.83. The Morgan fingerprint density at radius 2 is 1.79 bits per heavy atom. The summed E-state index contributed by atoms with van der Waals surface area (Å²) in [6.45, 7) is 5.85. The third-order valence-electron chi connectivity index (χ3n) is 6.13. The van der Waals surface area contributed by atoms with E-state index in [1.54, 1.807) is 0 Å². The molecule has 0 bridgehead atoms. The summed E-state index contributed by atoms with van der Waals surface area (Å²) >= 11 is 1.47. The second kappa shape index (κ2) is 9.79. The van der Waals surface area contributed by atoms with Gasteiger partial charge in [0.25, 0.3) is 5.91 Å². The van der Waals surface area contributed by atoms with Crippen molar-refractivity contribution in [2.24, 2.45) is 0 Å². The van der Waals surface area contributed by atoms with Crippen LogP contribution in [0.4, 0.5) is 5.00 Å². The van der Waals surface area contributed by atoms with Crippen LogP contribution in [0.2, 0.25) is 0 Å². The van der Waals surface area contributed by atoms with Gasteiger partial charge in [-0.05, 0) is 68.2 Å². The van der Waals surface area contributed by atoms with Gasteiger partial charge in [0.2, 0.25) is 0 Å². The summed E-state index contributed by atoms with van der Waals surface area (Å²) in [5, 5.41) is 3.46. The van der Waals surface area contributed by atoms with Crippen LogP contribution in [0.5, 0.6) is 5.75 Å². The van der Waals surface area contributed by atoms with E-state index >= 15 is 0 Å². The third kappa shape index (κ3) is 4.96. The van der Waals surface area contributed by atoms with Gasteiger partial charge in [-0.25, -0.2) is 4.79 Å². The average molecular weight is 464 g/mol. The number of amides is 1. The fraction of sp³-hybridized carbons (Fsp3) is 0.333. The van der Waals surface area contributed by atoms with Gasteiger partial charge < -0.3 is 14.8 Å². The molecule has 1 aliphatic carbocycles. The first-order chi connectivity index (χ1) is 15.9. The molecular formula is C27H29NO4S. The fourth-order valence-corrected chi connectivity index (χ4v) is 6.03. The first-order valence-electron chi connectivity index (χ1n) is 11.2. The SMILES string of the molecule is COC(=O)c1c(NC(=O)COc2c(C)cc(C)cc2C)sc2c1CC[C@H](c1ccccc1)C2. The van der Waals surface area contributed by atoms with Gasteiger partial charge in [-0.15, -0.1) is 11.3 Å². The Bertz CT molecular complexity index is 1160. The number of carbonyl (C=O) groups excluding carboxylic acids is 2. The molecule has 0 saturated heterocycles. The maximum Gasteiger partial charge on any atom is 0.341 e. The second-order valence-corrected chi connectivity index (χ2v) is 9.72. The fourth-order valence-electron chi connectivity index (χ4n) is 4.70. The Kier molecular flexibility index (Phi) is 6.84. The lowest BCUT2D eigenvalue weighted by Gasteiger charge is -2.22. The van der Waals surface area contributed by atoms with Crippen LogP contribution in [0.15, 0.2) is 42.5 Å². The van der Waals surface area contributed by atoms with Crippen LogP contribution in [-0.2, 0) is 22.4 Å². The predicted octanol–water partition coefficient (Wildman–Crippen LogP) is 5.75. The molecule has 2 aromatic carbocycles. The van der Waals surface area contributed by atoms with Crippen molar-refractivity contribution in [1.29, 1.82) is 0 Å². The first-order valence-corrected chi connectivity index (χ1v) is 12.0. The van der Waals surface area contributed by atoms with E-state index in [1.165, 1.54) is 24.0 Å². The maximum absolute atomic E-state index is 12.8. The molecule has 1 amide bonds. The van der Waals surface area contributed by atoms with Crippen molar-refractivity contribution in [3.05, 3.63) is 80.7 Å². The van der Waals surface area contributed by atoms with Gasteiger partial charge in [0.15, 0.2) is 6.61 Å². The number of methoxy groups -OCH3 is 1. The zero-order chi connectivity index (χ0) is 23.5. The first kappa shape index (κ1) is 23.1. The van der Waals surface area contributed by atoms with Crippen LogP contribution in [0.3, 0.4) is 0 Å². The average Bonchev–Trinajstić information content (AvgIpc) is 3.15. The van der Waals surface area contributed by atoms with Crippen LogP contribution in [0.25, 0.3) is 0 Å². The van der Waals surface area contributed by atoms with E-state index in [0.29, 0.717) is 16.5 Å². The van der Waals surface area contributed by atoms with Crippen LogP contribution >= 0.6 is 11.3 Å². The van der Waals surface area contributed by atoms with Crippen molar-refractivity contribution in [2.75, 3.05) is 19.0 Å². The lowest BCUT2D eigenvalue weighted by Crippen LogP contribution is -2.21. The summed E-state index contributed by atoms with van der Waals surface area (Å²) < 4.78 is 10.9. The summed E-state index contributed by atoms with van der Waals surface area (Å²) in [4.78, 5) is 26.5. The van der Waals surface area contributed by atoms with E-state index in [4.69, 9.17) is 9.47 Å². The number of rotatable bonds is 6. The number of thiophene rings is 1. The van der Waals surface area contributed by atoms with Crippen LogP contribution in [0.1, 0.15) is 55.4 Å². The van der Waals surface area contributed by atoms with E-state index in [1.807, 2.05) is 39.0 Å². The molecule has 4 rings (SSSR count). The molecule has 172 valence electrons. The van der Waals surface area contributed by atoms with Gasteiger partial charge in [-0.2, -0.15) is 0 Å². The van der Waals surface area contributed by atoms with E-state index in [-0.39, 0.29) is 12.5 Å². The van der Waals surface area contributed by atoms with Crippen molar-refractivity contribution < 1.29 is 19.1 Å². The molecule has 1 N–H and O–H groups in total. The minimum absolute atomic E-state index is 0.124. The van der Waals surface area contributed by atoms with Crippen LogP contribution in [-0.4, -0.2) is 25.6 Å². The number of ether oxygens (including phenoxy) is 2. The maximum atomic E-state index is 12.8. The Morgan fingerprint density at radius 1 is 1.09 bits per heavy atom. The van der Waals surface area contributed by atoms with Gasteiger partial charge in [-0.1, -0.05) is 48.0 Å². The smallest absolute Gasteiger partial charge is 0.341 e. The Labute approximate surface area is 198 Å². The summed E-state index contributed by atoms with van der Waals surface area (Å²) in [7, 11) is 1.37. The zero-order valence-electron chi connectivity index (χ0n) is 19.5. The molecule has 1 aromatic heterocycles. The Balaban J connectivity index is 1.52. The van der Waals surface area contributed by atoms with E-state index < -0.39 is 5.97 Å². The molecule has 0 saturated carbocycles. The van der Waals surface area contributed by atoms with Crippen molar-refractivity contribution in [2.45, 2.75) is 46.0 Å². The molecule has 0 aliphatic heterocycles. The topological polar surface area (TPSA) is 64.6 Å².